The lowest BCUT2D eigenvalue weighted by molar-refractivity contribution is -0.142. The molecule has 1 atom stereocenters. The molecule has 0 aromatic carbocycles. The molecular weight excluding hydrogens is 326 g/mol. The van der Waals surface area contributed by atoms with Crippen LogP contribution in [0.1, 0.15) is 67.2 Å². The number of hydrogen-bond acceptors (Lipinski definition) is 3. The van der Waals surface area contributed by atoms with E-state index in [2.05, 4.69) is 31.0 Å². The molecule has 0 aromatic rings. The van der Waals surface area contributed by atoms with Gasteiger partial charge in [-0.15, -0.1) is 0 Å². The number of likely N-dealkylation sites (tertiary alicyclic amines) is 2. The molecule has 0 spiro atoms. The lowest BCUT2D eigenvalue weighted by Gasteiger charge is -2.43. The summed E-state index contributed by atoms with van der Waals surface area (Å²) in [5.41, 5.74) is -0.349. The highest BCUT2D eigenvalue weighted by molar-refractivity contribution is 5.82. The fourth-order valence-electron chi connectivity index (χ4n) is 4.12. The number of rotatable bonds is 4. The molecule has 0 saturated carbocycles. The molecule has 0 radical (unpaired) electrons. The summed E-state index contributed by atoms with van der Waals surface area (Å²) in [7, 11) is 0. The molecule has 150 valence electrons. The fraction of sp³-hybridized carbons (Fsp3) is 0.905. The molecule has 2 fully saturated rings. The Morgan fingerprint density at radius 1 is 1.00 bits per heavy atom. The normalized spacial score (nSPS) is 23.8. The summed E-state index contributed by atoms with van der Waals surface area (Å²) in [6, 6.07) is 0. The zero-order chi connectivity index (χ0) is 19.5. The van der Waals surface area contributed by atoms with Gasteiger partial charge in [0.05, 0.1) is 0 Å². The number of hydrogen-bond donors (Lipinski definition) is 1. The van der Waals surface area contributed by atoms with Crippen molar-refractivity contribution in [2.24, 2.45) is 17.3 Å². The van der Waals surface area contributed by atoms with Gasteiger partial charge in [-0.1, -0.05) is 27.7 Å². The van der Waals surface area contributed by atoms with Crippen molar-refractivity contribution >= 4 is 11.8 Å². The molecule has 2 aliphatic heterocycles. The largest absolute Gasteiger partial charge is 0.354 e. The van der Waals surface area contributed by atoms with E-state index < -0.39 is 0 Å². The van der Waals surface area contributed by atoms with Gasteiger partial charge in [-0.3, -0.25) is 14.5 Å². The average Bonchev–Trinajstić information content (AvgIpc) is 2.58. The van der Waals surface area contributed by atoms with Crippen molar-refractivity contribution < 1.29 is 9.59 Å². The van der Waals surface area contributed by atoms with E-state index in [0.717, 1.165) is 31.8 Å². The van der Waals surface area contributed by atoms with E-state index in [4.69, 9.17) is 0 Å². The van der Waals surface area contributed by atoms with Gasteiger partial charge >= 0.3 is 0 Å². The highest BCUT2D eigenvalue weighted by Gasteiger charge is 2.34. The first-order valence-electron chi connectivity index (χ1n) is 10.3. The smallest absolute Gasteiger partial charge is 0.227 e. The minimum absolute atomic E-state index is 0.00670. The van der Waals surface area contributed by atoms with Crippen molar-refractivity contribution in [3.8, 4) is 0 Å². The van der Waals surface area contributed by atoms with Crippen LogP contribution < -0.4 is 5.32 Å². The second-order valence-corrected chi connectivity index (χ2v) is 10.0. The van der Waals surface area contributed by atoms with Gasteiger partial charge in [0.15, 0.2) is 0 Å². The molecule has 5 nitrogen and oxygen atoms in total. The monoisotopic (exact) mass is 365 g/mol. The molecule has 0 aliphatic carbocycles. The summed E-state index contributed by atoms with van der Waals surface area (Å²) in [5, 5.41) is 3.20. The fourth-order valence-corrected chi connectivity index (χ4v) is 4.12. The Kier molecular flexibility index (Phi) is 6.75. The quantitative estimate of drug-likeness (QED) is 0.833. The van der Waals surface area contributed by atoms with Crippen LogP contribution >= 0.6 is 0 Å². The van der Waals surface area contributed by atoms with Crippen LogP contribution in [-0.4, -0.2) is 59.9 Å². The van der Waals surface area contributed by atoms with Crippen LogP contribution in [0.4, 0.5) is 0 Å². The van der Waals surface area contributed by atoms with Gasteiger partial charge in [-0.25, -0.2) is 0 Å². The van der Waals surface area contributed by atoms with Crippen LogP contribution in [0.15, 0.2) is 0 Å². The minimum Gasteiger partial charge on any atom is -0.354 e. The molecule has 1 unspecified atom stereocenters. The molecule has 2 aliphatic rings. The molecule has 0 bridgehead atoms. The van der Waals surface area contributed by atoms with Gasteiger partial charge in [-0.2, -0.15) is 0 Å². The Balaban J connectivity index is 1.79. The molecule has 0 aromatic heterocycles. The molecule has 2 saturated heterocycles. The van der Waals surface area contributed by atoms with Gasteiger partial charge in [0.25, 0.3) is 0 Å². The summed E-state index contributed by atoms with van der Waals surface area (Å²) >= 11 is 0. The zero-order valence-electron chi connectivity index (χ0n) is 17.7. The van der Waals surface area contributed by atoms with Crippen molar-refractivity contribution in [1.29, 1.82) is 0 Å². The van der Waals surface area contributed by atoms with Gasteiger partial charge < -0.3 is 10.2 Å². The minimum atomic E-state index is -0.343. The SMILES string of the molecule is CC1CCCN(C(C)(C)CNC(=O)C2CCN(C(=O)C(C)(C)C)CC2)C1. The highest BCUT2D eigenvalue weighted by atomic mass is 16.2. The molecule has 2 rings (SSSR count). The van der Waals surface area contributed by atoms with E-state index in [9.17, 15) is 9.59 Å². The lowest BCUT2D eigenvalue weighted by Crippen LogP contribution is -2.55. The highest BCUT2D eigenvalue weighted by Crippen LogP contribution is 2.25. The Labute approximate surface area is 159 Å². The summed E-state index contributed by atoms with van der Waals surface area (Å²) in [6.45, 7) is 17.0. The maximum Gasteiger partial charge on any atom is 0.227 e. The first kappa shape index (κ1) is 21.2. The second kappa shape index (κ2) is 8.28. The lowest BCUT2D eigenvalue weighted by atomic mass is 9.90. The van der Waals surface area contributed by atoms with E-state index in [1.807, 2.05) is 25.7 Å². The predicted octanol–water partition coefficient (Wildman–Crippen LogP) is 2.90. The van der Waals surface area contributed by atoms with Gasteiger partial charge in [0.2, 0.25) is 11.8 Å². The van der Waals surface area contributed by atoms with Gasteiger partial charge in [0.1, 0.15) is 0 Å². The standard InChI is InChI=1S/C21H39N3O2/c1-16-8-7-11-24(14-16)21(5,6)15-22-18(25)17-9-12-23(13-10-17)19(26)20(2,3)4/h16-17H,7-15H2,1-6H3,(H,22,25). The summed E-state index contributed by atoms with van der Waals surface area (Å²) in [4.78, 5) is 29.4. The topological polar surface area (TPSA) is 52.7 Å². The number of piperidine rings is 2. The Morgan fingerprint density at radius 2 is 1.62 bits per heavy atom. The number of amides is 2. The zero-order valence-corrected chi connectivity index (χ0v) is 17.7. The van der Waals surface area contributed by atoms with E-state index in [1.54, 1.807) is 0 Å². The Morgan fingerprint density at radius 3 is 2.15 bits per heavy atom. The molecular formula is C21H39N3O2. The van der Waals surface area contributed by atoms with Crippen molar-refractivity contribution in [2.45, 2.75) is 72.8 Å². The van der Waals surface area contributed by atoms with Crippen LogP contribution in [0, 0.1) is 17.3 Å². The van der Waals surface area contributed by atoms with Crippen LogP contribution in [0.3, 0.4) is 0 Å². The number of carbonyl (C=O) groups is 2. The summed E-state index contributed by atoms with van der Waals surface area (Å²) in [5.74, 6) is 1.13. The Bertz CT molecular complexity index is 502. The third-order valence-electron chi connectivity index (χ3n) is 6.00. The van der Waals surface area contributed by atoms with Crippen molar-refractivity contribution in [3.05, 3.63) is 0 Å². The van der Waals surface area contributed by atoms with Crippen molar-refractivity contribution in [3.63, 3.8) is 0 Å². The summed E-state index contributed by atoms with van der Waals surface area (Å²) < 4.78 is 0. The van der Waals surface area contributed by atoms with Crippen LogP contribution in [0.5, 0.6) is 0 Å². The maximum absolute atomic E-state index is 12.6. The Hall–Kier alpha value is -1.10. The molecule has 5 heteroatoms. The molecule has 26 heavy (non-hydrogen) atoms. The number of nitrogens with one attached hydrogen (secondary N) is 1. The van der Waals surface area contributed by atoms with Crippen molar-refractivity contribution in [2.75, 3.05) is 32.7 Å². The first-order valence-corrected chi connectivity index (χ1v) is 10.3. The molecule has 2 amide bonds. The van der Waals surface area contributed by atoms with Crippen molar-refractivity contribution in [1.82, 2.24) is 15.1 Å². The number of nitrogens with zero attached hydrogens (tertiary/aromatic N) is 2. The van der Waals surface area contributed by atoms with E-state index >= 15 is 0 Å². The summed E-state index contributed by atoms with van der Waals surface area (Å²) in [6.07, 6.45) is 4.10. The predicted molar refractivity (Wildman–Crippen MR) is 106 cm³/mol. The van der Waals surface area contributed by atoms with Crippen LogP contribution in [-0.2, 0) is 9.59 Å². The molecule has 1 N–H and O–H groups in total. The third-order valence-corrected chi connectivity index (χ3v) is 6.00. The van der Waals surface area contributed by atoms with Gasteiger partial charge in [0, 0.05) is 43.1 Å². The molecule has 2 heterocycles. The van der Waals surface area contributed by atoms with E-state index in [1.165, 1.54) is 12.8 Å². The first-order chi connectivity index (χ1) is 12.0. The second-order valence-electron chi connectivity index (χ2n) is 10.0. The average molecular weight is 366 g/mol. The third kappa shape index (κ3) is 5.45. The van der Waals surface area contributed by atoms with Crippen LogP contribution in [0.2, 0.25) is 0 Å². The van der Waals surface area contributed by atoms with E-state index in [-0.39, 0.29) is 28.7 Å². The van der Waals surface area contributed by atoms with E-state index in [0.29, 0.717) is 19.6 Å². The maximum atomic E-state index is 12.6. The number of carbonyl (C=O) groups excluding carboxylic acids is 2. The van der Waals surface area contributed by atoms with Crippen LogP contribution in [0.25, 0.3) is 0 Å². The van der Waals surface area contributed by atoms with Gasteiger partial charge in [-0.05, 0) is 52.0 Å².